The first-order chi connectivity index (χ1) is 36.2. The number of likely N-dealkylation sites (N-methyl/N-ethyl adjacent to an activating group) is 1. The van der Waals surface area contributed by atoms with Gasteiger partial charge < -0.3 is 40.2 Å². The van der Waals surface area contributed by atoms with E-state index in [4.69, 9.17) is 42.7 Å². The van der Waals surface area contributed by atoms with E-state index in [2.05, 4.69) is 59.8 Å². The van der Waals surface area contributed by atoms with Gasteiger partial charge in [-0.2, -0.15) is 4.98 Å². The summed E-state index contributed by atoms with van der Waals surface area (Å²) in [5.74, 6) is 2.39. The Balaban J connectivity index is 0.703. The number of benzene rings is 2. The molecule has 0 bridgehead atoms. The number of aryl methyl sites for hydroxylation is 3. The van der Waals surface area contributed by atoms with Crippen molar-refractivity contribution in [1.82, 2.24) is 45.2 Å². The van der Waals surface area contributed by atoms with Crippen LogP contribution in [0.25, 0.3) is 15.9 Å². The number of fused-ring (bicyclic) bond motifs is 4. The molecule has 4 N–H and O–H groups in total. The van der Waals surface area contributed by atoms with Gasteiger partial charge in [0.25, 0.3) is 11.5 Å². The number of halogens is 2. The van der Waals surface area contributed by atoms with Crippen LogP contribution in [0.4, 0.5) is 17.5 Å². The van der Waals surface area contributed by atoms with E-state index in [1.54, 1.807) is 36.7 Å². The van der Waals surface area contributed by atoms with Crippen molar-refractivity contribution >= 4 is 86.3 Å². The lowest BCUT2D eigenvalue weighted by Gasteiger charge is -2.31. The second kappa shape index (κ2) is 25.3. The molecule has 8 rings (SSSR count). The summed E-state index contributed by atoms with van der Waals surface area (Å²) in [6.45, 7) is 8.41. The molecular formula is C54H66Cl2N12O6S. The Morgan fingerprint density at radius 1 is 0.853 bits per heavy atom. The minimum atomic E-state index is -0.491. The summed E-state index contributed by atoms with van der Waals surface area (Å²) in [7, 11) is 4.62. The number of ether oxygens (including phenoxy) is 2. The van der Waals surface area contributed by atoms with E-state index in [1.807, 2.05) is 37.3 Å². The van der Waals surface area contributed by atoms with Crippen LogP contribution in [-0.4, -0.2) is 99.7 Å². The number of hydrogen-bond donors (Lipinski definition) is 4. The molecule has 2 aliphatic heterocycles. The Morgan fingerprint density at radius 3 is 2.21 bits per heavy atom. The Kier molecular flexibility index (Phi) is 18.5. The van der Waals surface area contributed by atoms with Crippen molar-refractivity contribution in [3.63, 3.8) is 0 Å². The standard InChI is InChI=1S/C54H66Cl2N12O6S/c1-32-33(2)75-53-46(32)47(35-16-18-38(55)19-17-35)62-41(50-65-64-34(3)68(50)53)29-44(69)58-22-14-12-10-8-7-9-11-13-15-23-59-51(71)36-20-24-67(25-21-36)54-60-30-40(56)49(63-54)61-39-26-37-27-43(74-31-45(70)57-4)52(72)66(5)48(37)42(28-39)73-6/h16-19,26-28,30,36,41H,7-15,20-25,29,31H2,1-6H3,(H,57,70)(H,58,69)(H,59,71)(H,60,61,63)/t41-/m0/s1. The molecule has 1 saturated heterocycles. The third kappa shape index (κ3) is 13.1. The number of thiophene rings is 1. The second-order valence-electron chi connectivity index (χ2n) is 19.1. The van der Waals surface area contributed by atoms with E-state index in [0.29, 0.717) is 89.0 Å². The summed E-state index contributed by atoms with van der Waals surface area (Å²) < 4.78 is 14.7. The lowest BCUT2D eigenvalue weighted by atomic mass is 9.96. The molecule has 0 radical (unpaired) electrons. The minimum absolute atomic E-state index is 0.0234. The van der Waals surface area contributed by atoms with Gasteiger partial charge in [-0.05, 0) is 76.3 Å². The molecule has 21 heteroatoms. The third-order valence-corrected chi connectivity index (χ3v) is 15.7. The number of piperidine rings is 1. The summed E-state index contributed by atoms with van der Waals surface area (Å²) in [6.07, 6.45) is 12.9. The van der Waals surface area contributed by atoms with Crippen LogP contribution in [0.1, 0.15) is 116 Å². The molecule has 0 saturated carbocycles. The Morgan fingerprint density at radius 2 is 1.53 bits per heavy atom. The van der Waals surface area contributed by atoms with E-state index in [0.717, 1.165) is 78.2 Å². The highest BCUT2D eigenvalue weighted by Crippen LogP contribution is 2.40. The van der Waals surface area contributed by atoms with Gasteiger partial charge in [0.2, 0.25) is 17.8 Å². The van der Waals surface area contributed by atoms with E-state index in [-0.39, 0.29) is 42.4 Å². The van der Waals surface area contributed by atoms with Crippen molar-refractivity contribution in [2.24, 2.45) is 18.0 Å². The van der Waals surface area contributed by atoms with Gasteiger partial charge in [0.15, 0.2) is 24.0 Å². The van der Waals surface area contributed by atoms with Gasteiger partial charge >= 0.3 is 0 Å². The van der Waals surface area contributed by atoms with Crippen LogP contribution in [0, 0.1) is 26.7 Å². The Bertz CT molecular complexity index is 3110. The SMILES string of the molecule is CNC(=O)COc1cc2cc(Nc3nc(N4CCC(C(=O)NCCCCCCCCCCCNC(=O)C[C@@H]5N=C(c6ccc(Cl)cc6)c6c(sc(C)c6C)-n6c(C)nnc65)CC4)ncc3Cl)cc(OC)c2n(C)c1=O. The summed E-state index contributed by atoms with van der Waals surface area (Å²) in [5.41, 5.74) is 4.72. The zero-order valence-corrected chi connectivity index (χ0v) is 45.8. The summed E-state index contributed by atoms with van der Waals surface area (Å²) in [4.78, 5) is 69.0. The molecule has 4 aromatic heterocycles. The van der Waals surface area contributed by atoms with Crippen LogP contribution >= 0.6 is 34.5 Å². The van der Waals surface area contributed by atoms with E-state index in [9.17, 15) is 19.2 Å². The number of carbonyl (C=O) groups is 3. The first-order valence-electron chi connectivity index (χ1n) is 25.7. The maximum absolute atomic E-state index is 13.4. The maximum atomic E-state index is 13.4. The Hall–Kier alpha value is -6.57. The van der Waals surface area contributed by atoms with Crippen LogP contribution in [0.15, 0.2) is 58.4 Å². The van der Waals surface area contributed by atoms with Crippen LogP contribution in [-0.2, 0) is 21.4 Å². The number of nitrogens with zero attached hydrogens (tertiary/aromatic N) is 8. The third-order valence-electron chi connectivity index (χ3n) is 14.0. The van der Waals surface area contributed by atoms with Gasteiger partial charge in [0.05, 0.1) is 31.0 Å². The topological polar surface area (TPSA) is 212 Å². The maximum Gasteiger partial charge on any atom is 0.293 e. The lowest BCUT2D eigenvalue weighted by Crippen LogP contribution is -2.41. The average molecular weight is 1080 g/mol. The molecule has 0 aliphatic carbocycles. The number of pyridine rings is 1. The zero-order chi connectivity index (χ0) is 53.2. The molecule has 6 aromatic rings. The van der Waals surface area contributed by atoms with E-state index < -0.39 is 11.6 Å². The fraction of sp³-hybridized carbons (Fsp3) is 0.463. The predicted molar refractivity (Wildman–Crippen MR) is 296 cm³/mol. The number of unbranched alkanes of at least 4 members (excludes halogenated alkanes) is 8. The van der Waals surface area contributed by atoms with Crippen LogP contribution < -0.4 is 41.2 Å². The van der Waals surface area contributed by atoms with E-state index in [1.165, 1.54) is 36.4 Å². The molecule has 3 amide bonds. The number of aromatic nitrogens is 6. The minimum Gasteiger partial charge on any atom is -0.494 e. The first kappa shape index (κ1) is 54.7. The average Bonchev–Trinajstić information content (AvgIpc) is 3.90. The molecule has 75 heavy (non-hydrogen) atoms. The summed E-state index contributed by atoms with van der Waals surface area (Å²) >= 11 is 14.5. The van der Waals surface area contributed by atoms with Gasteiger partial charge in [-0.15, -0.1) is 21.5 Å². The number of nitrogens with one attached hydrogen (secondary N) is 4. The second-order valence-corrected chi connectivity index (χ2v) is 21.2. The lowest BCUT2D eigenvalue weighted by molar-refractivity contribution is -0.125. The molecule has 398 valence electrons. The number of anilines is 3. The highest BCUT2D eigenvalue weighted by molar-refractivity contribution is 7.15. The summed E-state index contributed by atoms with van der Waals surface area (Å²) in [5, 5.41) is 23.6. The molecule has 0 spiro atoms. The monoisotopic (exact) mass is 1080 g/mol. The molecule has 0 unspecified atom stereocenters. The Labute approximate surface area is 451 Å². The number of amides is 3. The van der Waals surface area contributed by atoms with Crippen molar-refractivity contribution in [3.05, 3.63) is 102 Å². The van der Waals surface area contributed by atoms with Gasteiger partial charge in [-0.25, -0.2) is 4.98 Å². The molecule has 18 nitrogen and oxygen atoms in total. The quantitative estimate of drug-likeness (QED) is 0.0443. The molecule has 1 fully saturated rings. The molecule has 2 aromatic carbocycles. The fourth-order valence-corrected chi connectivity index (χ4v) is 11.1. The predicted octanol–water partition coefficient (Wildman–Crippen LogP) is 9.02. The number of aliphatic imine (C=N–C) groups is 1. The van der Waals surface area contributed by atoms with Crippen LogP contribution in [0.3, 0.4) is 0 Å². The normalized spacial score (nSPS) is 14.4. The summed E-state index contributed by atoms with van der Waals surface area (Å²) in [6, 6.07) is 12.3. The van der Waals surface area contributed by atoms with Gasteiger partial charge in [-0.3, -0.25) is 28.7 Å². The number of carbonyl (C=O) groups excluding carboxylic acids is 3. The van der Waals surface area contributed by atoms with Gasteiger partial charge in [-0.1, -0.05) is 80.3 Å². The highest BCUT2D eigenvalue weighted by Gasteiger charge is 2.33. The number of rotatable bonds is 23. The zero-order valence-electron chi connectivity index (χ0n) is 43.5. The van der Waals surface area contributed by atoms with Gasteiger partial charge in [0.1, 0.15) is 27.6 Å². The van der Waals surface area contributed by atoms with Crippen molar-refractivity contribution in [3.8, 4) is 16.5 Å². The largest absolute Gasteiger partial charge is 0.494 e. The smallest absolute Gasteiger partial charge is 0.293 e. The molecule has 1 atom stereocenters. The van der Waals surface area contributed by atoms with Crippen LogP contribution in [0.5, 0.6) is 11.5 Å². The van der Waals surface area contributed by atoms with Crippen molar-refractivity contribution < 1.29 is 23.9 Å². The van der Waals surface area contributed by atoms with Crippen LogP contribution in [0.2, 0.25) is 10.0 Å². The molecular weight excluding hydrogens is 1020 g/mol. The number of hydrogen-bond acceptors (Lipinski definition) is 14. The van der Waals surface area contributed by atoms with Crippen molar-refractivity contribution in [2.75, 3.05) is 57.2 Å². The molecule has 6 heterocycles. The fourth-order valence-electron chi connectivity index (χ4n) is 9.64. The first-order valence-corrected chi connectivity index (χ1v) is 27.3. The number of methoxy groups -OCH3 is 1. The molecule has 2 aliphatic rings. The van der Waals surface area contributed by atoms with Gasteiger partial charge in [0, 0.05) is 84.4 Å². The van der Waals surface area contributed by atoms with E-state index >= 15 is 0 Å². The van der Waals surface area contributed by atoms with Crippen molar-refractivity contribution in [1.29, 1.82) is 0 Å². The van der Waals surface area contributed by atoms with Crippen molar-refractivity contribution in [2.45, 2.75) is 104 Å². The highest BCUT2D eigenvalue weighted by atomic mass is 35.5.